The van der Waals surface area contributed by atoms with Gasteiger partial charge in [-0.3, -0.25) is 14.6 Å². The first-order valence-corrected chi connectivity index (χ1v) is 9.60. The summed E-state index contributed by atoms with van der Waals surface area (Å²) in [7, 11) is 2.36. The molecule has 0 spiro atoms. The van der Waals surface area contributed by atoms with E-state index in [2.05, 4.69) is 14.3 Å². The number of benzene rings is 1. The van der Waals surface area contributed by atoms with E-state index < -0.39 is 11.2 Å². The summed E-state index contributed by atoms with van der Waals surface area (Å²) >= 11 is 12.6. The maximum atomic E-state index is 12.2. The normalized spacial score (nSPS) is 11.1. The highest BCUT2D eigenvalue weighted by molar-refractivity contribution is 7.27. The van der Waals surface area contributed by atoms with Crippen LogP contribution in [-0.4, -0.2) is 19.3 Å². The highest BCUT2D eigenvalue weighted by atomic mass is 35.5. The number of nitrogens with two attached hydrogens (primary N) is 1. The van der Waals surface area contributed by atoms with E-state index in [1.807, 2.05) is 18.8 Å². The Balaban J connectivity index is 2.06. The Labute approximate surface area is 176 Å². The topological polar surface area (TPSA) is 125 Å². The van der Waals surface area contributed by atoms with Crippen LogP contribution in [0.25, 0.3) is 5.69 Å². The summed E-state index contributed by atoms with van der Waals surface area (Å²) < 4.78 is 8.18. The molecule has 0 aliphatic rings. The summed E-state index contributed by atoms with van der Waals surface area (Å²) in [5.74, 6) is 0.0883. The van der Waals surface area contributed by atoms with Crippen molar-refractivity contribution in [2.24, 2.45) is 0 Å². The fourth-order valence-electron chi connectivity index (χ4n) is 2.51. The van der Waals surface area contributed by atoms with Crippen LogP contribution in [0.15, 0.2) is 38.8 Å². The number of ether oxygens (including phenoxy) is 1. The molecule has 3 aromatic rings. The first-order valence-electron chi connectivity index (χ1n) is 8.26. The average molecular weight is 456 g/mol. The molecule has 2 aromatic heterocycles. The number of halogens is 2. The molecule has 0 aliphatic carbocycles. The van der Waals surface area contributed by atoms with E-state index in [4.69, 9.17) is 33.7 Å². The van der Waals surface area contributed by atoms with Crippen LogP contribution in [0.2, 0.25) is 10.0 Å². The van der Waals surface area contributed by atoms with Gasteiger partial charge >= 0.3 is 5.69 Å². The van der Waals surface area contributed by atoms with Gasteiger partial charge in [0.1, 0.15) is 5.75 Å². The first kappa shape index (κ1) is 21.1. The van der Waals surface area contributed by atoms with Gasteiger partial charge in [-0.25, -0.2) is 4.79 Å². The van der Waals surface area contributed by atoms with Gasteiger partial charge < -0.3 is 15.0 Å². The van der Waals surface area contributed by atoms with Crippen LogP contribution in [0.5, 0.6) is 11.5 Å². The zero-order chi connectivity index (χ0) is 21.5. The minimum Gasteiger partial charge on any atom is -0.453 e. The van der Waals surface area contributed by atoms with Gasteiger partial charge in [-0.2, -0.15) is 4.68 Å². The molecule has 1 aromatic carbocycles. The van der Waals surface area contributed by atoms with E-state index in [0.29, 0.717) is 11.1 Å². The molecule has 0 aliphatic heterocycles. The van der Waals surface area contributed by atoms with Crippen molar-refractivity contribution in [3.63, 3.8) is 0 Å². The minimum atomic E-state index is -0.804. The lowest BCUT2D eigenvalue weighted by molar-refractivity contribution is 0.467. The Hall–Kier alpha value is -2.61. The fraction of sp³-hybridized carbons (Fsp3) is 0.176. The first-order chi connectivity index (χ1) is 13.6. The highest BCUT2D eigenvalue weighted by Gasteiger charge is 2.16. The number of nitrogens with one attached hydrogen (secondary N) is 1. The Kier molecular flexibility index (Phi) is 5.84. The SMILES string of the molecule is CC(C)n1cc(Oc2c(Cl)cc(-n3nc(N)c(=O)[nH]c3=O)cc2Cl)cc(P)c1=O. The lowest BCUT2D eigenvalue weighted by atomic mass is 10.3. The van der Waals surface area contributed by atoms with E-state index in [0.717, 1.165) is 4.68 Å². The van der Waals surface area contributed by atoms with Gasteiger partial charge in [-0.1, -0.05) is 32.4 Å². The number of anilines is 1. The molecule has 1 unspecified atom stereocenters. The highest BCUT2D eigenvalue weighted by Crippen LogP contribution is 2.37. The van der Waals surface area contributed by atoms with Crippen molar-refractivity contribution in [2.75, 3.05) is 5.73 Å². The number of rotatable bonds is 4. The van der Waals surface area contributed by atoms with E-state index in [-0.39, 0.29) is 38.9 Å². The van der Waals surface area contributed by atoms with E-state index in [9.17, 15) is 14.4 Å². The molecular formula is C17H16Cl2N5O4P. The molecule has 0 amide bonds. The van der Waals surface area contributed by atoms with Crippen molar-refractivity contribution in [3.05, 3.63) is 65.6 Å². The number of aromatic amines is 1. The summed E-state index contributed by atoms with van der Waals surface area (Å²) in [5.41, 5.74) is 3.88. The third kappa shape index (κ3) is 4.22. The molecule has 0 saturated carbocycles. The number of pyridine rings is 1. The summed E-state index contributed by atoms with van der Waals surface area (Å²) in [5, 5.41) is 4.31. The minimum absolute atomic E-state index is 0.0812. The third-order valence-electron chi connectivity index (χ3n) is 3.90. The quantitative estimate of drug-likeness (QED) is 0.578. The molecule has 0 saturated heterocycles. The molecule has 0 radical (unpaired) electrons. The van der Waals surface area contributed by atoms with Gasteiger partial charge in [0.05, 0.1) is 21.9 Å². The predicted octanol–water partition coefficient (Wildman–Crippen LogP) is 1.85. The number of hydrogen-bond donors (Lipinski definition) is 2. The molecule has 0 bridgehead atoms. The predicted molar refractivity (Wildman–Crippen MR) is 115 cm³/mol. The van der Waals surface area contributed by atoms with Crippen LogP contribution in [-0.2, 0) is 0 Å². The van der Waals surface area contributed by atoms with Crippen molar-refractivity contribution >= 4 is 43.6 Å². The number of aromatic nitrogens is 4. The van der Waals surface area contributed by atoms with Crippen LogP contribution < -0.4 is 32.6 Å². The molecule has 0 fully saturated rings. The van der Waals surface area contributed by atoms with Gasteiger partial charge in [0, 0.05) is 11.3 Å². The van der Waals surface area contributed by atoms with Crippen LogP contribution in [0, 0.1) is 0 Å². The molecule has 12 heteroatoms. The van der Waals surface area contributed by atoms with Crippen LogP contribution in [0.1, 0.15) is 19.9 Å². The molecule has 1 atom stereocenters. The number of nitrogens with zero attached hydrogens (tertiary/aromatic N) is 3. The standard InChI is InChI=1S/C17H16Cl2N5O4P/c1-7(2)23-6-9(5-12(29)16(23)26)28-13-10(18)3-8(4-11(13)19)24-17(27)21-15(25)14(20)22-24/h3-7H,29H2,1-2H3,(H2,20,22)(H,21,25,27). The van der Waals surface area contributed by atoms with Crippen molar-refractivity contribution in [3.8, 4) is 17.2 Å². The molecule has 3 N–H and O–H groups in total. The Morgan fingerprint density at radius 1 is 1.17 bits per heavy atom. The monoisotopic (exact) mass is 455 g/mol. The number of nitrogen functional groups attached to an aromatic ring is 1. The van der Waals surface area contributed by atoms with E-state index in [1.165, 1.54) is 16.7 Å². The second kappa shape index (κ2) is 8.02. The summed E-state index contributed by atoms with van der Waals surface area (Å²) in [4.78, 5) is 37.6. The van der Waals surface area contributed by atoms with E-state index in [1.54, 1.807) is 12.3 Å². The summed E-state index contributed by atoms with van der Waals surface area (Å²) in [6, 6.07) is 4.23. The molecule has 152 valence electrons. The Bertz CT molecular complexity index is 1260. The molecule has 29 heavy (non-hydrogen) atoms. The van der Waals surface area contributed by atoms with Crippen LogP contribution >= 0.6 is 32.4 Å². The fourth-order valence-corrected chi connectivity index (χ4v) is 3.37. The second-order valence-electron chi connectivity index (χ2n) is 6.33. The zero-order valence-corrected chi connectivity index (χ0v) is 17.9. The van der Waals surface area contributed by atoms with Crippen molar-refractivity contribution < 1.29 is 4.74 Å². The van der Waals surface area contributed by atoms with Gasteiger partial charge in [0.2, 0.25) is 5.82 Å². The van der Waals surface area contributed by atoms with Gasteiger partial charge in [0.25, 0.3) is 11.1 Å². The third-order valence-corrected chi connectivity index (χ3v) is 4.88. The molecule has 2 heterocycles. The maximum absolute atomic E-state index is 12.2. The van der Waals surface area contributed by atoms with Crippen LogP contribution in [0.4, 0.5) is 5.82 Å². The van der Waals surface area contributed by atoms with Crippen molar-refractivity contribution in [1.29, 1.82) is 0 Å². The Morgan fingerprint density at radius 3 is 2.38 bits per heavy atom. The summed E-state index contributed by atoms with van der Waals surface area (Å²) in [6.45, 7) is 3.73. The van der Waals surface area contributed by atoms with Gasteiger partial charge in [-0.05, 0) is 32.0 Å². The average Bonchev–Trinajstić information content (AvgIpc) is 2.63. The van der Waals surface area contributed by atoms with Crippen molar-refractivity contribution in [1.82, 2.24) is 19.3 Å². The van der Waals surface area contributed by atoms with Crippen LogP contribution in [0.3, 0.4) is 0 Å². The smallest absolute Gasteiger partial charge is 0.349 e. The molecule has 9 nitrogen and oxygen atoms in total. The van der Waals surface area contributed by atoms with Gasteiger partial charge in [-0.15, -0.1) is 5.10 Å². The van der Waals surface area contributed by atoms with E-state index >= 15 is 0 Å². The lowest BCUT2D eigenvalue weighted by Crippen LogP contribution is -2.33. The maximum Gasteiger partial charge on any atom is 0.349 e. The van der Waals surface area contributed by atoms with Gasteiger partial charge in [0.15, 0.2) is 5.75 Å². The largest absolute Gasteiger partial charge is 0.453 e. The molecular weight excluding hydrogens is 440 g/mol. The lowest BCUT2D eigenvalue weighted by Gasteiger charge is -2.16. The number of H-pyrrole nitrogens is 1. The Morgan fingerprint density at radius 2 is 1.79 bits per heavy atom. The summed E-state index contributed by atoms with van der Waals surface area (Å²) in [6.07, 6.45) is 1.55. The van der Waals surface area contributed by atoms with Crippen molar-refractivity contribution in [2.45, 2.75) is 19.9 Å². The zero-order valence-electron chi connectivity index (χ0n) is 15.3. The number of hydrogen-bond acceptors (Lipinski definition) is 6. The molecule has 3 rings (SSSR count). The second-order valence-corrected chi connectivity index (χ2v) is 7.77.